The van der Waals surface area contributed by atoms with Crippen LogP contribution in [0.1, 0.15) is 51.9 Å². The molecule has 0 aromatic heterocycles. The molecular weight excluding hydrogens is 268 g/mol. The lowest BCUT2D eigenvalue weighted by atomic mass is 9.78. The lowest BCUT2D eigenvalue weighted by molar-refractivity contribution is -0.142. The zero-order valence-corrected chi connectivity index (χ0v) is 13.4. The molecule has 21 heavy (non-hydrogen) atoms. The van der Waals surface area contributed by atoms with E-state index in [-0.39, 0.29) is 17.4 Å². The van der Waals surface area contributed by atoms with Gasteiger partial charge < -0.3 is 9.64 Å². The van der Waals surface area contributed by atoms with Crippen LogP contribution in [0.2, 0.25) is 0 Å². The van der Waals surface area contributed by atoms with Crippen molar-refractivity contribution >= 4 is 11.9 Å². The van der Waals surface area contributed by atoms with Gasteiger partial charge in [-0.25, -0.2) is 0 Å². The maximum atomic E-state index is 12.0. The number of hydrogen-bond acceptors (Lipinski definition) is 4. The Balaban J connectivity index is 1.92. The fourth-order valence-corrected chi connectivity index (χ4v) is 3.93. The Morgan fingerprint density at radius 1 is 1.14 bits per heavy atom. The zero-order valence-electron chi connectivity index (χ0n) is 13.4. The van der Waals surface area contributed by atoms with Gasteiger partial charge in [-0.1, -0.05) is 19.3 Å². The Morgan fingerprint density at radius 2 is 1.86 bits per heavy atom. The van der Waals surface area contributed by atoms with Gasteiger partial charge in [-0.05, 0) is 25.8 Å². The average molecular weight is 296 g/mol. The molecule has 1 aliphatic carbocycles. The summed E-state index contributed by atoms with van der Waals surface area (Å²) in [6.45, 7) is 5.33. The van der Waals surface area contributed by atoms with Crippen molar-refractivity contribution in [3.05, 3.63) is 0 Å². The number of rotatable bonds is 4. The Morgan fingerprint density at radius 3 is 2.48 bits per heavy atom. The van der Waals surface area contributed by atoms with Crippen LogP contribution in [0.15, 0.2) is 0 Å². The van der Waals surface area contributed by atoms with Crippen LogP contribution in [0, 0.1) is 0 Å². The van der Waals surface area contributed by atoms with Crippen molar-refractivity contribution in [2.45, 2.75) is 57.4 Å². The smallest absolute Gasteiger partial charge is 0.305 e. The summed E-state index contributed by atoms with van der Waals surface area (Å²) in [4.78, 5) is 27.7. The quantitative estimate of drug-likeness (QED) is 0.742. The van der Waals surface area contributed by atoms with Gasteiger partial charge in [0.15, 0.2) is 0 Å². The van der Waals surface area contributed by atoms with Crippen LogP contribution in [0.3, 0.4) is 0 Å². The number of esters is 1. The molecule has 2 fully saturated rings. The summed E-state index contributed by atoms with van der Waals surface area (Å²) in [6.07, 6.45) is 7.30. The fourth-order valence-electron chi connectivity index (χ4n) is 3.93. The monoisotopic (exact) mass is 296 g/mol. The molecule has 1 heterocycles. The highest BCUT2D eigenvalue weighted by Crippen LogP contribution is 2.36. The molecule has 1 aliphatic heterocycles. The third kappa shape index (κ3) is 3.96. The Labute approximate surface area is 127 Å². The number of ether oxygens (including phenoxy) is 1. The standard InChI is InChI=1S/C16H28N2O3/c1-14(19)18-12-11-17(10-6-7-15(20)21-2)13-16(18)8-4-3-5-9-16/h3-13H2,1-2H3. The topological polar surface area (TPSA) is 49.9 Å². The van der Waals surface area contributed by atoms with E-state index in [0.717, 1.165) is 45.4 Å². The van der Waals surface area contributed by atoms with Crippen molar-refractivity contribution in [1.82, 2.24) is 9.80 Å². The van der Waals surface area contributed by atoms with Crippen LogP contribution in [0.5, 0.6) is 0 Å². The lowest BCUT2D eigenvalue weighted by Crippen LogP contribution is -2.64. The highest BCUT2D eigenvalue weighted by Gasteiger charge is 2.43. The number of methoxy groups -OCH3 is 1. The first-order valence-electron chi connectivity index (χ1n) is 8.15. The molecule has 0 aromatic rings. The third-order valence-electron chi connectivity index (χ3n) is 4.98. The lowest BCUT2D eigenvalue weighted by Gasteiger charge is -2.52. The predicted molar refractivity (Wildman–Crippen MR) is 80.9 cm³/mol. The van der Waals surface area contributed by atoms with Crippen LogP contribution < -0.4 is 0 Å². The minimum absolute atomic E-state index is 0.0492. The van der Waals surface area contributed by atoms with E-state index in [4.69, 9.17) is 0 Å². The molecule has 0 atom stereocenters. The first-order chi connectivity index (χ1) is 10.1. The van der Waals surface area contributed by atoms with E-state index in [1.807, 2.05) is 0 Å². The Bertz CT molecular complexity index is 378. The molecule has 0 N–H and O–H groups in total. The van der Waals surface area contributed by atoms with Gasteiger partial charge in [0.05, 0.1) is 12.6 Å². The van der Waals surface area contributed by atoms with Crippen molar-refractivity contribution in [2.24, 2.45) is 0 Å². The minimum Gasteiger partial charge on any atom is -0.469 e. The molecule has 2 aliphatic rings. The van der Waals surface area contributed by atoms with Crippen molar-refractivity contribution < 1.29 is 14.3 Å². The Kier molecular flexibility index (Phi) is 5.62. The third-order valence-corrected chi connectivity index (χ3v) is 4.98. The van der Waals surface area contributed by atoms with Gasteiger partial charge in [0, 0.05) is 33.0 Å². The highest BCUT2D eigenvalue weighted by atomic mass is 16.5. The number of carbonyl (C=O) groups excluding carboxylic acids is 2. The number of nitrogens with zero attached hydrogens (tertiary/aromatic N) is 2. The molecule has 0 radical (unpaired) electrons. The molecular formula is C16H28N2O3. The van der Waals surface area contributed by atoms with E-state index < -0.39 is 0 Å². The number of carbonyl (C=O) groups is 2. The molecule has 0 unspecified atom stereocenters. The molecule has 0 bridgehead atoms. The normalized spacial score (nSPS) is 22.3. The van der Waals surface area contributed by atoms with Crippen molar-refractivity contribution in [3.8, 4) is 0 Å². The van der Waals surface area contributed by atoms with Crippen molar-refractivity contribution in [1.29, 1.82) is 0 Å². The number of amides is 1. The Hall–Kier alpha value is -1.10. The number of hydrogen-bond donors (Lipinski definition) is 0. The SMILES string of the molecule is COC(=O)CCCN1CCN(C(C)=O)C2(CCCCC2)C1. The van der Waals surface area contributed by atoms with E-state index in [9.17, 15) is 9.59 Å². The van der Waals surface area contributed by atoms with Crippen LogP contribution in [0.25, 0.3) is 0 Å². The zero-order chi connectivity index (χ0) is 15.3. The van der Waals surface area contributed by atoms with Gasteiger partial charge in [0.2, 0.25) is 5.91 Å². The highest BCUT2D eigenvalue weighted by molar-refractivity contribution is 5.74. The summed E-state index contributed by atoms with van der Waals surface area (Å²) in [6, 6.07) is 0. The second-order valence-corrected chi connectivity index (χ2v) is 6.41. The van der Waals surface area contributed by atoms with E-state index in [0.29, 0.717) is 6.42 Å². The summed E-state index contributed by atoms with van der Waals surface area (Å²) in [5.74, 6) is 0.0795. The van der Waals surface area contributed by atoms with Crippen molar-refractivity contribution in [2.75, 3.05) is 33.3 Å². The summed E-state index contributed by atoms with van der Waals surface area (Å²) in [7, 11) is 1.44. The minimum atomic E-state index is -0.134. The molecule has 0 aromatic carbocycles. The van der Waals surface area contributed by atoms with E-state index in [1.54, 1.807) is 6.92 Å². The predicted octanol–water partition coefficient (Wildman–Crippen LogP) is 1.81. The second-order valence-electron chi connectivity index (χ2n) is 6.41. The van der Waals surface area contributed by atoms with Gasteiger partial charge in [-0.3, -0.25) is 14.5 Å². The van der Waals surface area contributed by atoms with Gasteiger partial charge in [-0.2, -0.15) is 0 Å². The van der Waals surface area contributed by atoms with Gasteiger partial charge in [0.1, 0.15) is 0 Å². The molecule has 1 amide bonds. The van der Waals surface area contributed by atoms with E-state index >= 15 is 0 Å². The van der Waals surface area contributed by atoms with E-state index in [2.05, 4.69) is 14.5 Å². The molecule has 1 saturated carbocycles. The first-order valence-corrected chi connectivity index (χ1v) is 8.15. The van der Waals surface area contributed by atoms with Crippen LogP contribution >= 0.6 is 0 Å². The largest absolute Gasteiger partial charge is 0.469 e. The molecule has 5 heteroatoms. The molecule has 1 spiro atoms. The fraction of sp³-hybridized carbons (Fsp3) is 0.875. The van der Waals surface area contributed by atoms with Crippen LogP contribution in [0.4, 0.5) is 0 Å². The van der Waals surface area contributed by atoms with Gasteiger partial charge in [0.25, 0.3) is 0 Å². The van der Waals surface area contributed by atoms with Gasteiger partial charge in [-0.15, -0.1) is 0 Å². The first kappa shape index (κ1) is 16.3. The van der Waals surface area contributed by atoms with Crippen molar-refractivity contribution in [3.63, 3.8) is 0 Å². The summed E-state index contributed by atoms with van der Waals surface area (Å²) >= 11 is 0. The molecule has 2 rings (SSSR count). The summed E-state index contributed by atoms with van der Waals surface area (Å²) in [5.41, 5.74) is 0.0492. The summed E-state index contributed by atoms with van der Waals surface area (Å²) in [5, 5.41) is 0. The average Bonchev–Trinajstić information content (AvgIpc) is 2.47. The second kappa shape index (κ2) is 7.25. The van der Waals surface area contributed by atoms with E-state index in [1.165, 1.54) is 26.4 Å². The molecule has 120 valence electrons. The van der Waals surface area contributed by atoms with Crippen LogP contribution in [-0.4, -0.2) is 60.5 Å². The van der Waals surface area contributed by atoms with Gasteiger partial charge >= 0.3 is 5.97 Å². The maximum Gasteiger partial charge on any atom is 0.305 e. The maximum absolute atomic E-state index is 12.0. The summed E-state index contributed by atoms with van der Waals surface area (Å²) < 4.78 is 4.69. The number of piperazine rings is 1. The molecule has 1 saturated heterocycles. The van der Waals surface area contributed by atoms with Crippen LogP contribution in [-0.2, 0) is 14.3 Å². The molecule has 5 nitrogen and oxygen atoms in total.